The van der Waals surface area contributed by atoms with Crippen LogP contribution in [0, 0.1) is 13.8 Å². The number of hydrogen-bond donors (Lipinski definition) is 0. The minimum atomic E-state index is 0. The highest BCUT2D eigenvalue weighted by Gasteiger charge is 1.91. The van der Waals surface area contributed by atoms with Crippen molar-refractivity contribution in [3.8, 4) is 0 Å². The molecule has 0 nitrogen and oxygen atoms in total. The fourth-order valence-corrected chi connectivity index (χ4v) is 1.48. The van der Waals surface area contributed by atoms with Crippen molar-refractivity contribution in [2.45, 2.75) is 13.8 Å². The Labute approximate surface area is 80.8 Å². The lowest BCUT2D eigenvalue weighted by Crippen LogP contribution is -2.07. The fourth-order valence-electron chi connectivity index (χ4n) is 0.898. The van der Waals surface area contributed by atoms with Gasteiger partial charge in [-0.1, -0.05) is 23.8 Å². The summed E-state index contributed by atoms with van der Waals surface area (Å²) in [5.41, 5.74) is 2.90. The Balaban J connectivity index is 0.000000810. The van der Waals surface area contributed by atoms with E-state index in [0.717, 1.165) is 0 Å². The molecule has 0 N–H and O–H groups in total. The Hall–Kier alpha value is 0.232. The predicted molar refractivity (Wildman–Crippen MR) is 54.4 cm³/mol. The molecule has 1 rings (SSSR count). The molecular weight excluding hydrogens is 203 g/mol. The molecule has 0 unspecified atom stereocenters. The van der Waals surface area contributed by atoms with Crippen molar-refractivity contribution < 1.29 is 0 Å². The molecule has 0 aromatic heterocycles. The first-order valence-electron chi connectivity index (χ1n) is 3.24. The molecule has 0 saturated carbocycles. The van der Waals surface area contributed by atoms with Gasteiger partial charge < -0.3 is 0 Å². The molecule has 0 bridgehead atoms. The van der Waals surface area contributed by atoms with Crippen LogP contribution in [0.2, 0.25) is 0 Å². The normalized spacial score (nSPS) is 8.60. The summed E-state index contributed by atoms with van der Waals surface area (Å²) >= 11 is 1.17. The molecule has 1 aromatic carbocycles. The average molecular weight is 215 g/mol. The second-order valence-corrected chi connectivity index (χ2v) is 3.59. The van der Waals surface area contributed by atoms with Gasteiger partial charge in [0.25, 0.3) is 16.3 Å². The maximum absolute atomic E-state index is 2.20. The van der Waals surface area contributed by atoms with Crippen molar-refractivity contribution in [2.24, 2.45) is 0 Å². The molecule has 0 amide bonds. The summed E-state index contributed by atoms with van der Waals surface area (Å²) in [6, 6.07) is 6.50. The molecule has 0 radical (unpaired) electrons. The smallest absolute Gasteiger partial charge is 0.118 e. The molecule has 10 heavy (non-hydrogen) atoms. The van der Waals surface area contributed by atoms with Crippen molar-refractivity contribution in [3.63, 3.8) is 0 Å². The van der Waals surface area contributed by atoms with Crippen LogP contribution in [0.25, 0.3) is 0 Å². The predicted octanol–water partition coefficient (Wildman–Crippen LogP) is 1.14. The van der Waals surface area contributed by atoms with Crippen LogP contribution in [-0.2, 0) is 0 Å². The third-order valence-electron chi connectivity index (χ3n) is 1.88. The molecule has 1 aromatic rings. The van der Waals surface area contributed by atoms with E-state index in [0.29, 0.717) is 0 Å². The Morgan fingerprint density at radius 2 is 1.80 bits per heavy atom. The van der Waals surface area contributed by atoms with Crippen LogP contribution in [0.5, 0.6) is 0 Å². The lowest BCUT2D eigenvalue weighted by Gasteiger charge is -2.01. The van der Waals surface area contributed by atoms with Crippen LogP contribution >= 0.6 is 17.0 Å². The lowest BCUT2D eigenvalue weighted by molar-refractivity contribution is 1.37. The van der Waals surface area contributed by atoms with E-state index in [1.807, 2.05) is 0 Å². The van der Waals surface area contributed by atoms with E-state index in [1.165, 1.54) is 31.8 Å². The van der Waals surface area contributed by atoms with Crippen LogP contribution < -0.4 is 4.43 Å². The lowest BCUT2D eigenvalue weighted by atomic mass is 10.1. The van der Waals surface area contributed by atoms with Crippen LogP contribution in [0.3, 0.4) is 0 Å². The highest BCUT2D eigenvalue weighted by molar-refractivity contribution is 8.93. The Morgan fingerprint density at radius 1 is 1.20 bits per heavy atom. The van der Waals surface area contributed by atoms with E-state index >= 15 is 0 Å². The highest BCUT2D eigenvalue weighted by atomic mass is 79.9. The molecule has 0 fully saturated rings. The first-order valence-corrected chi connectivity index (χ1v) is 4.24. The quantitative estimate of drug-likeness (QED) is 0.569. The first kappa shape index (κ1) is 10.2. The van der Waals surface area contributed by atoms with Crippen molar-refractivity contribution in [1.82, 2.24) is 0 Å². The number of rotatable bonds is 0. The SMILES string of the molecule is Br.Cc1ccc[c]([AlH2])c1C. The average Bonchev–Trinajstić information content (AvgIpc) is 1.83. The van der Waals surface area contributed by atoms with Gasteiger partial charge in [0, 0.05) is 0 Å². The number of hydrogen-bond acceptors (Lipinski definition) is 0. The van der Waals surface area contributed by atoms with E-state index in [-0.39, 0.29) is 17.0 Å². The maximum atomic E-state index is 2.20. The van der Waals surface area contributed by atoms with E-state index in [2.05, 4.69) is 32.0 Å². The van der Waals surface area contributed by atoms with E-state index in [1.54, 1.807) is 0 Å². The standard InChI is InChI=1S/C8H9.Al.BrH.2H/c1-7-5-3-4-6-8(7)2;;;;/h3-5H,1-2H3;;1H;;. The van der Waals surface area contributed by atoms with Gasteiger partial charge in [-0.25, -0.2) is 0 Å². The highest BCUT2D eigenvalue weighted by Crippen LogP contribution is 1.99. The molecule has 0 saturated heterocycles. The van der Waals surface area contributed by atoms with Crippen LogP contribution in [-0.4, -0.2) is 16.3 Å². The summed E-state index contributed by atoms with van der Waals surface area (Å²) in [6.07, 6.45) is 0. The molecule has 0 spiro atoms. The minimum Gasteiger partial charge on any atom is -0.118 e. The second kappa shape index (κ2) is 4.18. The topological polar surface area (TPSA) is 0 Å². The minimum absolute atomic E-state index is 0. The van der Waals surface area contributed by atoms with Gasteiger partial charge in [-0.15, -0.1) is 21.4 Å². The summed E-state index contributed by atoms with van der Waals surface area (Å²) in [5.74, 6) is 0. The third kappa shape index (κ3) is 2.13. The van der Waals surface area contributed by atoms with Gasteiger partial charge in [-0.05, 0) is 19.4 Å². The van der Waals surface area contributed by atoms with Gasteiger partial charge >= 0.3 is 0 Å². The van der Waals surface area contributed by atoms with Crippen molar-refractivity contribution in [1.29, 1.82) is 0 Å². The van der Waals surface area contributed by atoms with Crippen molar-refractivity contribution in [2.75, 3.05) is 0 Å². The van der Waals surface area contributed by atoms with Crippen molar-refractivity contribution >= 4 is 37.7 Å². The zero-order chi connectivity index (χ0) is 6.85. The van der Waals surface area contributed by atoms with Gasteiger partial charge in [0.05, 0.1) is 0 Å². The van der Waals surface area contributed by atoms with Crippen LogP contribution in [0.1, 0.15) is 11.1 Å². The van der Waals surface area contributed by atoms with Gasteiger partial charge in [-0.2, -0.15) is 0 Å². The maximum Gasteiger partial charge on any atom is 0.259 e. The van der Waals surface area contributed by atoms with Crippen LogP contribution in [0.15, 0.2) is 18.2 Å². The molecule has 2 heteroatoms. The molecule has 0 aliphatic rings. The molecule has 0 aliphatic carbocycles. The summed E-state index contributed by atoms with van der Waals surface area (Å²) in [4.78, 5) is 0. The summed E-state index contributed by atoms with van der Waals surface area (Å²) in [5, 5.41) is 0. The largest absolute Gasteiger partial charge is 0.259 e. The number of aryl methyl sites for hydroxylation is 1. The van der Waals surface area contributed by atoms with Gasteiger partial charge in [0.2, 0.25) is 0 Å². The zero-order valence-corrected chi connectivity index (χ0v) is 10.4. The zero-order valence-electron chi connectivity index (χ0n) is 6.64. The molecule has 0 aliphatic heterocycles. The van der Waals surface area contributed by atoms with Crippen LogP contribution in [0.4, 0.5) is 0 Å². The van der Waals surface area contributed by atoms with E-state index in [4.69, 9.17) is 0 Å². The molecular formula is C8H12AlBr. The molecule has 0 atom stereocenters. The van der Waals surface area contributed by atoms with Crippen molar-refractivity contribution in [3.05, 3.63) is 29.3 Å². The van der Waals surface area contributed by atoms with E-state index in [9.17, 15) is 0 Å². The Morgan fingerprint density at radius 3 is 2.20 bits per heavy atom. The molecule has 0 heterocycles. The van der Waals surface area contributed by atoms with Gasteiger partial charge in [0.15, 0.2) is 0 Å². The summed E-state index contributed by atoms with van der Waals surface area (Å²) < 4.78 is 1.52. The fraction of sp³-hybridized carbons (Fsp3) is 0.250. The second-order valence-electron chi connectivity index (χ2n) is 2.52. The summed E-state index contributed by atoms with van der Waals surface area (Å²) in [6.45, 7) is 4.36. The monoisotopic (exact) mass is 214 g/mol. The van der Waals surface area contributed by atoms with Gasteiger partial charge in [0.1, 0.15) is 0 Å². The Kier molecular flexibility index (Phi) is 4.28. The van der Waals surface area contributed by atoms with Gasteiger partial charge in [-0.3, -0.25) is 0 Å². The number of halogens is 1. The van der Waals surface area contributed by atoms with E-state index < -0.39 is 0 Å². The Bertz CT molecular complexity index is 200. The molecule has 54 valence electrons. The third-order valence-corrected chi connectivity index (χ3v) is 2.96. The first-order chi connectivity index (χ1) is 4.22. The summed E-state index contributed by atoms with van der Waals surface area (Å²) in [7, 11) is 0. The number of benzene rings is 1.